The maximum absolute atomic E-state index is 14.7. The summed E-state index contributed by atoms with van der Waals surface area (Å²) >= 11 is 0. The molecule has 0 aliphatic heterocycles. The van der Waals surface area contributed by atoms with Gasteiger partial charge in [-0.25, -0.2) is 14.4 Å². The van der Waals surface area contributed by atoms with Gasteiger partial charge in [0.2, 0.25) is 5.88 Å². The molecule has 0 aliphatic rings. The van der Waals surface area contributed by atoms with Crippen LogP contribution in [-0.2, 0) is 0 Å². The second kappa shape index (κ2) is 9.23. The Balaban J connectivity index is 1.80. The number of rotatable bonds is 7. The molecule has 7 nitrogen and oxygen atoms in total. The highest BCUT2D eigenvalue weighted by atomic mass is 19.1. The smallest absolute Gasteiger partial charge is 0.254 e. The van der Waals surface area contributed by atoms with E-state index >= 15 is 0 Å². The number of nitrogens with one attached hydrogen (secondary N) is 1. The fraction of sp³-hybridized carbons (Fsp3) is 0.250. The monoisotopic (exact) mass is 391 g/mol. The van der Waals surface area contributed by atoms with E-state index in [0.717, 1.165) is 0 Å². The lowest BCUT2D eigenvalue weighted by Gasteiger charge is -2.17. The van der Waals surface area contributed by atoms with E-state index in [9.17, 15) is 9.18 Å². The molecule has 2 radical (unpaired) electrons. The van der Waals surface area contributed by atoms with Gasteiger partial charge in [0.05, 0.1) is 47.7 Å². The Morgan fingerprint density at radius 2 is 2.07 bits per heavy atom. The molecule has 0 bridgehead atoms. The summed E-state index contributed by atoms with van der Waals surface area (Å²) in [5, 5.41) is 2.78. The van der Waals surface area contributed by atoms with Gasteiger partial charge in [0, 0.05) is 11.8 Å². The van der Waals surface area contributed by atoms with E-state index in [1.165, 1.54) is 30.7 Å². The molecule has 2 heterocycles. The molecule has 0 saturated heterocycles. The maximum Gasteiger partial charge on any atom is 0.254 e. The third-order valence-electron chi connectivity index (χ3n) is 4.18. The van der Waals surface area contributed by atoms with E-state index in [1.807, 2.05) is 13.8 Å². The molecule has 9 heteroatoms. The van der Waals surface area contributed by atoms with Gasteiger partial charge in [0.25, 0.3) is 5.91 Å². The molecule has 146 valence electrons. The Hall–Kier alpha value is -3.36. The molecular formula is C20H19BFN5O2. The minimum absolute atomic E-state index is 0.0804. The lowest BCUT2D eigenvalue weighted by molar-refractivity contribution is 0.0930. The first kappa shape index (κ1) is 20.4. The van der Waals surface area contributed by atoms with E-state index in [0.29, 0.717) is 35.9 Å². The third kappa shape index (κ3) is 4.93. The Labute approximate surface area is 169 Å². The van der Waals surface area contributed by atoms with Crippen molar-refractivity contribution in [3.63, 3.8) is 0 Å². The molecule has 1 atom stereocenters. The van der Waals surface area contributed by atoms with Gasteiger partial charge in [0.1, 0.15) is 5.82 Å². The molecule has 0 aliphatic carbocycles. The van der Waals surface area contributed by atoms with E-state index < -0.39 is 17.8 Å². The molecule has 3 rings (SSSR count). The summed E-state index contributed by atoms with van der Waals surface area (Å²) < 4.78 is 20.0. The maximum atomic E-state index is 14.7. The molecule has 1 amide bonds. The zero-order valence-electron chi connectivity index (χ0n) is 16.1. The highest BCUT2D eigenvalue weighted by molar-refractivity contribution is 6.28. The number of carbonyl (C=O) groups excluding carboxylic acids is 1. The topological polar surface area (TPSA) is 89.9 Å². The summed E-state index contributed by atoms with van der Waals surface area (Å²) in [7, 11) is 5.60. The van der Waals surface area contributed by atoms with Gasteiger partial charge in [0.15, 0.2) is 7.85 Å². The number of carbonyl (C=O) groups is 1. The standard InChI is InChI=1S/C20H19BFN5O2/c1-3-15(16-7-8-24-20(21)27-16)26-19(28)13-6-5-12(9-14(13)22)17-10-23-11-18(25-17)29-4-2/h5-11,15H,3-4H2,1-2H3,(H,26,28). The SMILES string of the molecule is [B]c1nccc(C(CC)NC(=O)c2ccc(-c3cncc(OCC)n3)cc2F)n1. The number of ether oxygens (including phenoxy) is 1. The van der Waals surface area contributed by atoms with E-state index in [-0.39, 0.29) is 11.3 Å². The Morgan fingerprint density at radius 1 is 1.24 bits per heavy atom. The Morgan fingerprint density at radius 3 is 2.76 bits per heavy atom. The van der Waals surface area contributed by atoms with Gasteiger partial charge < -0.3 is 10.1 Å². The van der Waals surface area contributed by atoms with Crippen LogP contribution in [0, 0.1) is 5.82 Å². The number of halogens is 1. The van der Waals surface area contributed by atoms with Crippen LogP contribution in [0.5, 0.6) is 5.88 Å². The predicted molar refractivity (Wildman–Crippen MR) is 107 cm³/mol. The van der Waals surface area contributed by atoms with E-state index in [2.05, 4.69) is 25.3 Å². The van der Waals surface area contributed by atoms with Crippen LogP contribution in [0.3, 0.4) is 0 Å². The van der Waals surface area contributed by atoms with Gasteiger partial charge in [-0.05, 0) is 31.5 Å². The average molecular weight is 391 g/mol. The highest BCUT2D eigenvalue weighted by Gasteiger charge is 2.19. The minimum atomic E-state index is -0.666. The molecule has 2 aromatic heterocycles. The van der Waals surface area contributed by atoms with Gasteiger partial charge in [-0.2, -0.15) is 0 Å². The summed E-state index contributed by atoms with van der Waals surface area (Å²) in [4.78, 5) is 28.9. The summed E-state index contributed by atoms with van der Waals surface area (Å²) in [5.41, 5.74) is 1.53. The second-order valence-electron chi connectivity index (χ2n) is 6.14. The predicted octanol–water partition coefficient (Wildman–Crippen LogP) is 2.15. The van der Waals surface area contributed by atoms with Gasteiger partial charge in [-0.15, -0.1) is 0 Å². The molecule has 3 aromatic rings. The number of nitrogens with zero attached hydrogens (tertiary/aromatic N) is 4. The Bertz CT molecular complexity index is 1020. The number of benzene rings is 1. The quantitative estimate of drug-likeness (QED) is 0.621. The molecule has 0 fully saturated rings. The summed E-state index contributed by atoms with van der Waals surface area (Å²) in [6, 6.07) is 5.52. The fourth-order valence-corrected chi connectivity index (χ4v) is 2.77. The number of amides is 1. The van der Waals surface area contributed by atoms with Crippen molar-refractivity contribution in [2.24, 2.45) is 0 Å². The number of hydrogen-bond acceptors (Lipinski definition) is 6. The van der Waals surface area contributed by atoms with Gasteiger partial charge >= 0.3 is 0 Å². The largest absolute Gasteiger partial charge is 0.477 e. The minimum Gasteiger partial charge on any atom is -0.477 e. The molecule has 29 heavy (non-hydrogen) atoms. The van der Waals surface area contributed by atoms with Crippen molar-refractivity contribution in [2.75, 3.05) is 6.61 Å². The van der Waals surface area contributed by atoms with Crippen LogP contribution < -0.4 is 15.8 Å². The zero-order valence-corrected chi connectivity index (χ0v) is 16.1. The van der Waals surface area contributed by atoms with Crippen LogP contribution in [0.2, 0.25) is 0 Å². The van der Waals surface area contributed by atoms with Crippen LogP contribution in [0.15, 0.2) is 42.9 Å². The van der Waals surface area contributed by atoms with E-state index in [1.54, 1.807) is 12.1 Å². The van der Waals surface area contributed by atoms with Crippen LogP contribution in [0.25, 0.3) is 11.3 Å². The normalized spacial score (nSPS) is 11.7. The van der Waals surface area contributed by atoms with Crippen molar-refractivity contribution >= 4 is 19.5 Å². The van der Waals surface area contributed by atoms with Crippen LogP contribution in [0.4, 0.5) is 4.39 Å². The van der Waals surface area contributed by atoms with Crippen molar-refractivity contribution < 1.29 is 13.9 Å². The van der Waals surface area contributed by atoms with Crippen molar-refractivity contribution in [2.45, 2.75) is 26.3 Å². The van der Waals surface area contributed by atoms with Gasteiger partial charge in [-0.1, -0.05) is 13.0 Å². The van der Waals surface area contributed by atoms with Crippen molar-refractivity contribution in [3.05, 3.63) is 59.9 Å². The summed E-state index contributed by atoms with van der Waals surface area (Å²) in [6.07, 6.45) is 5.06. The zero-order chi connectivity index (χ0) is 20.8. The van der Waals surface area contributed by atoms with Crippen LogP contribution in [0.1, 0.15) is 42.4 Å². The number of hydrogen-bond donors (Lipinski definition) is 1. The molecule has 1 N–H and O–H groups in total. The van der Waals surface area contributed by atoms with Crippen molar-refractivity contribution in [1.82, 2.24) is 25.3 Å². The average Bonchev–Trinajstić information content (AvgIpc) is 2.72. The lowest BCUT2D eigenvalue weighted by atomic mass is 10.1. The molecule has 1 unspecified atom stereocenters. The second-order valence-corrected chi connectivity index (χ2v) is 6.14. The van der Waals surface area contributed by atoms with Crippen LogP contribution >= 0.6 is 0 Å². The summed E-state index contributed by atoms with van der Waals surface area (Å²) in [5.74, 6) is -0.866. The third-order valence-corrected chi connectivity index (χ3v) is 4.18. The summed E-state index contributed by atoms with van der Waals surface area (Å²) in [6.45, 7) is 4.16. The number of aromatic nitrogens is 4. The van der Waals surface area contributed by atoms with Crippen molar-refractivity contribution in [1.29, 1.82) is 0 Å². The van der Waals surface area contributed by atoms with Crippen molar-refractivity contribution in [3.8, 4) is 17.1 Å². The van der Waals surface area contributed by atoms with Crippen LogP contribution in [-0.4, -0.2) is 40.3 Å². The molecule has 1 aromatic carbocycles. The molecular weight excluding hydrogens is 372 g/mol. The Kier molecular flexibility index (Phi) is 6.48. The first-order valence-electron chi connectivity index (χ1n) is 9.15. The lowest BCUT2D eigenvalue weighted by Crippen LogP contribution is -2.31. The van der Waals surface area contributed by atoms with E-state index in [4.69, 9.17) is 12.6 Å². The highest BCUT2D eigenvalue weighted by Crippen LogP contribution is 2.22. The first-order valence-corrected chi connectivity index (χ1v) is 9.15. The molecule has 0 spiro atoms. The first-order chi connectivity index (χ1) is 14.0. The fourth-order valence-electron chi connectivity index (χ4n) is 2.77. The molecule has 0 saturated carbocycles. The van der Waals surface area contributed by atoms with Gasteiger partial charge in [-0.3, -0.25) is 14.8 Å².